The van der Waals surface area contributed by atoms with Gasteiger partial charge in [0.1, 0.15) is 17.4 Å². The molecule has 3 aromatic carbocycles. The first-order valence-electron chi connectivity index (χ1n) is 12.4. The summed E-state index contributed by atoms with van der Waals surface area (Å²) in [5.41, 5.74) is 10.7. The molecule has 1 amide bonds. The molecule has 0 spiro atoms. The molecule has 0 radical (unpaired) electrons. The number of primary amides is 1. The lowest BCUT2D eigenvalue weighted by atomic mass is 9.97. The molecule has 8 heteroatoms. The fourth-order valence-electron chi connectivity index (χ4n) is 4.14. The molecule has 4 rings (SSSR count). The van der Waals surface area contributed by atoms with Gasteiger partial charge in [-0.05, 0) is 77.9 Å². The van der Waals surface area contributed by atoms with Crippen LogP contribution in [0, 0.1) is 11.7 Å². The summed E-state index contributed by atoms with van der Waals surface area (Å²) in [4.78, 5) is 25.6. The molecule has 0 saturated carbocycles. The summed E-state index contributed by atoms with van der Waals surface area (Å²) in [6.07, 6.45) is 3.81. The summed E-state index contributed by atoms with van der Waals surface area (Å²) in [5.74, 6) is -0.0749. The van der Waals surface area contributed by atoms with Crippen LogP contribution in [0.4, 0.5) is 10.1 Å². The number of carbonyl (C=O) groups excluding carboxylic acids is 1. The summed E-state index contributed by atoms with van der Waals surface area (Å²) in [7, 11) is 1.63. The second kappa shape index (κ2) is 13.1. The highest BCUT2D eigenvalue weighted by Gasteiger charge is 2.19. The van der Waals surface area contributed by atoms with Crippen LogP contribution in [0.15, 0.2) is 101 Å². The van der Waals surface area contributed by atoms with Gasteiger partial charge in [-0.3, -0.25) is 19.8 Å². The van der Waals surface area contributed by atoms with Gasteiger partial charge in [0.25, 0.3) is 0 Å². The number of amides is 1. The Kier molecular flexibility index (Phi) is 9.13. The number of ether oxygens (including phenoxy) is 1. The number of rotatable bonds is 11. The summed E-state index contributed by atoms with van der Waals surface area (Å²) < 4.78 is 18.8. The van der Waals surface area contributed by atoms with Crippen LogP contribution in [-0.4, -0.2) is 37.1 Å². The van der Waals surface area contributed by atoms with Crippen molar-refractivity contribution in [1.29, 1.82) is 0 Å². The van der Waals surface area contributed by atoms with E-state index in [1.54, 1.807) is 31.6 Å². The Morgan fingerprint density at radius 3 is 2.54 bits per heavy atom. The number of hydrogen-bond acceptors (Lipinski definition) is 5. The number of methoxy groups -OCH3 is 1. The van der Waals surface area contributed by atoms with Gasteiger partial charge in [0, 0.05) is 24.5 Å². The minimum atomic E-state index is -0.555. The fraction of sp³-hybridized carbons (Fsp3) is 0.161. The number of aliphatic imine (C=N–C) groups is 2. The van der Waals surface area contributed by atoms with Crippen molar-refractivity contribution in [3.63, 3.8) is 0 Å². The Morgan fingerprint density at radius 2 is 1.85 bits per heavy atom. The predicted octanol–water partition coefficient (Wildman–Crippen LogP) is 5.11. The van der Waals surface area contributed by atoms with Gasteiger partial charge in [-0.15, -0.1) is 0 Å². The topological polar surface area (TPSA) is 102 Å². The predicted molar refractivity (Wildman–Crippen MR) is 153 cm³/mol. The largest absolute Gasteiger partial charge is 0.497 e. The summed E-state index contributed by atoms with van der Waals surface area (Å²) in [6.45, 7) is 4.32. The van der Waals surface area contributed by atoms with Crippen molar-refractivity contribution in [3.05, 3.63) is 114 Å². The summed E-state index contributed by atoms with van der Waals surface area (Å²) in [5, 5.41) is 3.34. The minimum absolute atomic E-state index is 0.221. The molecule has 198 valence electrons. The van der Waals surface area contributed by atoms with Gasteiger partial charge >= 0.3 is 0 Å². The lowest BCUT2D eigenvalue weighted by Gasteiger charge is -2.18. The van der Waals surface area contributed by atoms with E-state index in [1.807, 2.05) is 54.6 Å². The maximum absolute atomic E-state index is 13.4. The molecule has 39 heavy (non-hydrogen) atoms. The number of benzene rings is 3. The number of amidine groups is 1. The molecule has 1 atom stereocenters. The highest BCUT2D eigenvalue weighted by atomic mass is 19.1. The quantitative estimate of drug-likeness (QED) is 0.211. The van der Waals surface area contributed by atoms with Crippen LogP contribution in [0.1, 0.15) is 16.7 Å². The highest BCUT2D eigenvalue weighted by molar-refractivity contribution is 6.04. The third-order valence-electron chi connectivity index (χ3n) is 6.28. The second-order valence-corrected chi connectivity index (χ2v) is 8.96. The number of aromatic nitrogens is 1. The maximum atomic E-state index is 13.4. The van der Waals surface area contributed by atoms with E-state index < -0.39 is 11.8 Å². The monoisotopic (exact) mass is 523 g/mol. The smallest absolute Gasteiger partial charge is 0.222 e. The van der Waals surface area contributed by atoms with Gasteiger partial charge in [-0.2, -0.15) is 0 Å². The third-order valence-corrected chi connectivity index (χ3v) is 6.28. The molecule has 0 aliphatic carbocycles. The van der Waals surface area contributed by atoms with Crippen molar-refractivity contribution in [2.75, 3.05) is 13.7 Å². The number of nitrogens with two attached hydrogens (primary N) is 1. The van der Waals surface area contributed by atoms with E-state index in [0.717, 1.165) is 33.6 Å². The fourth-order valence-corrected chi connectivity index (χ4v) is 4.14. The molecule has 0 bridgehead atoms. The Morgan fingerprint density at radius 1 is 1.05 bits per heavy atom. The van der Waals surface area contributed by atoms with Gasteiger partial charge in [0.15, 0.2) is 0 Å². The van der Waals surface area contributed by atoms with E-state index in [4.69, 9.17) is 15.5 Å². The van der Waals surface area contributed by atoms with E-state index in [2.05, 4.69) is 22.0 Å². The standard InChI is InChI=1S/C31H30FN5O2/c1-34-29-13-10-24(23-6-3-7-27(16-23)39-2)17-28(29)31(36-19-22-5-4-14-35-18-22)37-20-25(30(33)38)15-21-8-11-26(32)12-9-21/h3-14,16-18,25H,1,15,19-20H2,2H3,(H2,33,38)(H,36,37). The molecule has 3 N–H and O–H groups in total. The van der Waals surface area contributed by atoms with Gasteiger partial charge in [-0.1, -0.05) is 36.4 Å². The molecule has 0 aliphatic rings. The van der Waals surface area contributed by atoms with E-state index in [0.29, 0.717) is 24.5 Å². The lowest BCUT2D eigenvalue weighted by molar-refractivity contribution is -0.121. The zero-order chi connectivity index (χ0) is 27.6. The molecule has 1 heterocycles. The maximum Gasteiger partial charge on any atom is 0.222 e. The Hall–Kier alpha value is -4.85. The number of halogens is 1. The van der Waals surface area contributed by atoms with Gasteiger partial charge < -0.3 is 15.8 Å². The number of carbonyl (C=O) groups is 1. The summed E-state index contributed by atoms with van der Waals surface area (Å²) in [6, 6.07) is 23.4. The zero-order valence-electron chi connectivity index (χ0n) is 21.7. The number of pyridine rings is 1. The average molecular weight is 524 g/mol. The third kappa shape index (κ3) is 7.35. The molecule has 1 unspecified atom stereocenters. The Balaban J connectivity index is 1.68. The van der Waals surface area contributed by atoms with Crippen molar-refractivity contribution >= 4 is 24.1 Å². The van der Waals surface area contributed by atoms with Gasteiger partial charge in [0.05, 0.1) is 25.3 Å². The van der Waals surface area contributed by atoms with E-state index in [1.165, 1.54) is 12.1 Å². The van der Waals surface area contributed by atoms with Crippen molar-refractivity contribution in [3.8, 4) is 16.9 Å². The molecule has 7 nitrogen and oxygen atoms in total. The average Bonchev–Trinajstić information content (AvgIpc) is 2.97. The first-order chi connectivity index (χ1) is 19.0. The lowest BCUT2D eigenvalue weighted by Crippen LogP contribution is -2.37. The number of hydrogen-bond donors (Lipinski definition) is 2. The number of nitrogens with one attached hydrogen (secondary N) is 1. The molecule has 1 aromatic heterocycles. The molecule has 0 fully saturated rings. The Bertz CT molecular complexity index is 1460. The van der Waals surface area contributed by atoms with Crippen LogP contribution in [0.5, 0.6) is 5.75 Å². The van der Waals surface area contributed by atoms with Crippen LogP contribution >= 0.6 is 0 Å². The summed E-state index contributed by atoms with van der Waals surface area (Å²) >= 11 is 0. The number of nitrogens with zero attached hydrogens (tertiary/aromatic N) is 3. The van der Waals surface area contributed by atoms with Crippen molar-refractivity contribution in [1.82, 2.24) is 10.3 Å². The molecule has 0 saturated heterocycles. The Labute approximate surface area is 227 Å². The van der Waals surface area contributed by atoms with Crippen LogP contribution in [0.2, 0.25) is 0 Å². The van der Waals surface area contributed by atoms with Crippen LogP contribution in [0.3, 0.4) is 0 Å². The highest BCUT2D eigenvalue weighted by Crippen LogP contribution is 2.29. The molecule has 4 aromatic rings. The van der Waals surface area contributed by atoms with Crippen LogP contribution in [-0.2, 0) is 17.8 Å². The van der Waals surface area contributed by atoms with E-state index in [9.17, 15) is 9.18 Å². The molecular formula is C31H30FN5O2. The molecule has 0 aliphatic heterocycles. The first-order valence-corrected chi connectivity index (χ1v) is 12.4. The van der Waals surface area contributed by atoms with E-state index in [-0.39, 0.29) is 12.4 Å². The van der Waals surface area contributed by atoms with Crippen LogP contribution in [0.25, 0.3) is 11.1 Å². The van der Waals surface area contributed by atoms with Crippen molar-refractivity contribution < 1.29 is 13.9 Å². The van der Waals surface area contributed by atoms with Gasteiger partial charge in [0.2, 0.25) is 5.91 Å². The normalized spacial score (nSPS) is 12.0. The van der Waals surface area contributed by atoms with Gasteiger partial charge in [-0.25, -0.2) is 4.39 Å². The van der Waals surface area contributed by atoms with Crippen molar-refractivity contribution in [2.45, 2.75) is 13.0 Å². The SMILES string of the molecule is C=Nc1ccc(-c2cccc(OC)c2)cc1C(=NCc1cccnc1)NCC(Cc1ccc(F)cc1)C(N)=O. The van der Waals surface area contributed by atoms with E-state index >= 15 is 0 Å². The van der Waals surface area contributed by atoms with Crippen LogP contribution < -0.4 is 15.8 Å². The zero-order valence-corrected chi connectivity index (χ0v) is 21.7. The second-order valence-electron chi connectivity index (χ2n) is 8.96. The molecular weight excluding hydrogens is 493 g/mol. The first kappa shape index (κ1) is 27.2. The van der Waals surface area contributed by atoms with Crippen molar-refractivity contribution in [2.24, 2.45) is 21.6 Å². The minimum Gasteiger partial charge on any atom is -0.497 e.